The molecule has 0 fully saturated rings. The second kappa shape index (κ2) is 6.16. The number of nitrogens with zero attached hydrogens (tertiary/aromatic N) is 1. The second-order valence-corrected chi connectivity index (χ2v) is 6.68. The third-order valence-electron chi connectivity index (χ3n) is 4.53. The lowest BCUT2D eigenvalue weighted by Gasteiger charge is -2.14. The van der Waals surface area contributed by atoms with Gasteiger partial charge < -0.3 is 10.4 Å². The van der Waals surface area contributed by atoms with E-state index in [1.807, 2.05) is 32.0 Å². The van der Waals surface area contributed by atoms with Crippen molar-refractivity contribution in [3.05, 3.63) is 63.8 Å². The van der Waals surface area contributed by atoms with Gasteiger partial charge in [-0.2, -0.15) is 0 Å². The van der Waals surface area contributed by atoms with Gasteiger partial charge in [-0.05, 0) is 62.9 Å². The van der Waals surface area contributed by atoms with Crippen LogP contribution in [0.15, 0.2) is 30.3 Å². The number of benzene rings is 2. The summed E-state index contributed by atoms with van der Waals surface area (Å²) in [5, 5.41) is 14.8. The number of rotatable bonds is 3. The Morgan fingerprint density at radius 2 is 1.54 bits per heavy atom. The van der Waals surface area contributed by atoms with Crippen LogP contribution in [0.2, 0.25) is 0 Å². The SMILES string of the molecule is Cc1cc(C)c(NCc2ccc3c(C)cc(C)c(O)c3n2)c(C)c1. The Bertz CT molecular complexity index is 906. The molecular formula is C21H24N2O. The highest BCUT2D eigenvalue weighted by Crippen LogP contribution is 2.30. The molecule has 3 aromatic rings. The van der Waals surface area contributed by atoms with Gasteiger partial charge in [0, 0.05) is 11.1 Å². The molecule has 0 atom stereocenters. The molecule has 0 aliphatic rings. The molecular weight excluding hydrogens is 296 g/mol. The van der Waals surface area contributed by atoms with Gasteiger partial charge in [0.15, 0.2) is 0 Å². The minimum absolute atomic E-state index is 0.278. The van der Waals surface area contributed by atoms with E-state index in [1.54, 1.807) is 0 Å². The maximum Gasteiger partial charge on any atom is 0.144 e. The summed E-state index contributed by atoms with van der Waals surface area (Å²) in [4.78, 5) is 4.68. The number of aromatic nitrogens is 1. The van der Waals surface area contributed by atoms with E-state index in [0.717, 1.165) is 27.9 Å². The molecule has 0 bridgehead atoms. The summed E-state index contributed by atoms with van der Waals surface area (Å²) in [7, 11) is 0. The zero-order chi connectivity index (χ0) is 17.4. The van der Waals surface area contributed by atoms with Crippen LogP contribution in [0, 0.1) is 34.6 Å². The van der Waals surface area contributed by atoms with E-state index in [9.17, 15) is 5.11 Å². The van der Waals surface area contributed by atoms with Gasteiger partial charge >= 0.3 is 0 Å². The van der Waals surface area contributed by atoms with E-state index < -0.39 is 0 Å². The first-order chi connectivity index (χ1) is 11.4. The third kappa shape index (κ3) is 2.94. The molecule has 3 nitrogen and oxygen atoms in total. The van der Waals surface area contributed by atoms with Crippen LogP contribution in [0.4, 0.5) is 5.69 Å². The Hall–Kier alpha value is -2.55. The summed E-state index contributed by atoms with van der Waals surface area (Å²) in [6.45, 7) is 10.9. The lowest BCUT2D eigenvalue weighted by molar-refractivity contribution is 0.476. The van der Waals surface area contributed by atoms with Gasteiger partial charge in [0.2, 0.25) is 0 Å². The van der Waals surface area contributed by atoms with Crippen molar-refractivity contribution in [2.75, 3.05) is 5.32 Å². The summed E-state index contributed by atoms with van der Waals surface area (Å²) in [5.74, 6) is 0.278. The average Bonchev–Trinajstić information content (AvgIpc) is 2.51. The number of hydrogen-bond donors (Lipinski definition) is 2. The van der Waals surface area contributed by atoms with Gasteiger partial charge in [0.25, 0.3) is 0 Å². The van der Waals surface area contributed by atoms with Gasteiger partial charge in [0.05, 0.1) is 12.2 Å². The zero-order valence-electron chi connectivity index (χ0n) is 15.0. The Balaban J connectivity index is 1.93. The van der Waals surface area contributed by atoms with E-state index in [2.05, 4.69) is 43.2 Å². The van der Waals surface area contributed by atoms with Crippen LogP contribution in [0.25, 0.3) is 10.9 Å². The van der Waals surface area contributed by atoms with Crippen LogP contribution < -0.4 is 5.32 Å². The average molecular weight is 320 g/mol. The lowest BCUT2D eigenvalue weighted by Crippen LogP contribution is -2.05. The largest absolute Gasteiger partial charge is 0.505 e. The molecule has 0 radical (unpaired) electrons. The molecule has 2 N–H and O–H groups in total. The zero-order valence-corrected chi connectivity index (χ0v) is 15.0. The van der Waals surface area contributed by atoms with Crippen LogP contribution in [0.1, 0.15) is 33.5 Å². The van der Waals surface area contributed by atoms with Gasteiger partial charge in [0.1, 0.15) is 11.3 Å². The topological polar surface area (TPSA) is 45.1 Å². The maximum absolute atomic E-state index is 10.3. The molecule has 1 heterocycles. The quantitative estimate of drug-likeness (QED) is 0.706. The van der Waals surface area contributed by atoms with Crippen molar-refractivity contribution in [2.45, 2.75) is 41.2 Å². The fraction of sp³-hybridized carbons (Fsp3) is 0.286. The predicted octanol–water partition coefficient (Wildman–Crippen LogP) is 5.09. The Morgan fingerprint density at radius 1 is 0.875 bits per heavy atom. The van der Waals surface area contributed by atoms with Gasteiger partial charge in [-0.25, -0.2) is 4.98 Å². The highest BCUT2D eigenvalue weighted by Gasteiger charge is 2.10. The van der Waals surface area contributed by atoms with Crippen LogP contribution in [0.5, 0.6) is 5.75 Å². The summed E-state index contributed by atoms with van der Waals surface area (Å²) in [6.07, 6.45) is 0. The highest BCUT2D eigenvalue weighted by atomic mass is 16.3. The van der Waals surface area contributed by atoms with Crippen LogP contribution >= 0.6 is 0 Å². The second-order valence-electron chi connectivity index (χ2n) is 6.68. The van der Waals surface area contributed by atoms with Crippen LogP contribution in [0.3, 0.4) is 0 Å². The number of phenols is 1. The molecule has 0 saturated carbocycles. The normalized spacial score (nSPS) is 11.0. The third-order valence-corrected chi connectivity index (χ3v) is 4.53. The smallest absolute Gasteiger partial charge is 0.144 e. The van der Waals surface area contributed by atoms with Crippen molar-refractivity contribution in [1.29, 1.82) is 0 Å². The van der Waals surface area contributed by atoms with E-state index in [0.29, 0.717) is 12.1 Å². The van der Waals surface area contributed by atoms with Gasteiger partial charge in [-0.1, -0.05) is 29.8 Å². The van der Waals surface area contributed by atoms with Crippen molar-refractivity contribution in [2.24, 2.45) is 0 Å². The predicted molar refractivity (Wildman–Crippen MR) is 101 cm³/mol. The number of pyridine rings is 1. The van der Waals surface area contributed by atoms with Crippen molar-refractivity contribution in [3.63, 3.8) is 0 Å². The van der Waals surface area contributed by atoms with E-state index >= 15 is 0 Å². The molecule has 3 rings (SSSR count). The molecule has 2 aromatic carbocycles. The first-order valence-corrected chi connectivity index (χ1v) is 8.27. The summed E-state index contributed by atoms with van der Waals surface area (Å²) < 4.78 is 0. The summed E-state index contributed by atoms with van der Waals surface area (Å²) >= 11 is 0. The molecule has 0 aliphatic carbocycles. The van der Waals surface area contributed by atoms with Gasteiger partial charge in [-0.3, -0.25) is 0 Å². The summed E-state index contributed by atoms with van der Waals surface area (Å²) in [6, 6.07) is 10.4. The van der Waals surface area contributed by atoms with Crippen LogP contribution in [-0.4, -0.2) is 10.1 Å². The minimum atomic E-state index is 0.278. The molecule has 0 spiro atoms. The lowest BCUT2D eigenvalue weighted by atomic mass is 10.0. The number of hydrogen-bond acceptors (Lipinski definition) is 3. The standard InChI is InChI=1S/C21H24N2O/c1-12-8-14(3)19(15(4)9-12)22-11-17-6-7-18-13(2)10-16(5)21(24)20(18)23-17/h6-10,22,24H,11H2,1-5H3. The number of aromatic hydroxyl groups is 1. The molecule has 0 unspecified atom stereocenters. The van der Waals surface area contributed by atoms with E-state index in [4.69, 9.17) is 0 Å². The van der Waals surface area contributed by atoms with Crippen LogP contribution in [-0.2, 0) is 6.54 Å². The molecule has 124 valence electrons. The van der Waals surface area contributed by atoms with Crippen molar-refractivity contribution in [3.8, 4) is 5.75 Å². The maximum atomic E-state index is 10.3. The fourth-order valence-electron chi connectivity index (χ4n) is 3.39. The molecule has 0 saturated heterocycles. The Morgan fingerprint density at radius 3 is 2.21 bits per heavy atom. The highest BCUT2D eigenvalue weighted by molar-refractivity contribution is 5.88. The molecule has 0 amide bonds. The molecule has 24 heavy (non-hydrogen) atoms. The number of nitrogens with one attached hydrogen (secondary N) is 1. The van der Waals surface area contributed by atoms with E-state index in [1.165, 1.54) is 16.7 Å². The van der Waals surface area contributed by atoms with Crippen molar-refractivity contribution in [1.82, 2.24) is 4.98 Å². The van der Waals surface area contributed by atoms with E-state index in [-0.39, 0.29) is 5.75 Å². The number of fused-ring (bicyclic) bond motifs is 1. The van der Waals surface area contributed by atoms with Crippen molar-refractivity contribution < 1.29 is 5.11 Å². The first-order valence-electron chi connectivity index (χ1n) is 8.27. The first kappa shape index (κ1) is 16.3. The number of anilines is 1. The number of phenolic OH excluding ortho intramolecular Hbond substituents is 1. The minimum Gasteiger partial charge on any atom is -0.505 e. The Kier molecular flexibility index (Phi) is 4.18. The van der Waals surface area contributed by atoms with Crippen molar-refractivity contribution >= 4 is 16.6 Å². The molecule has 0 aliphatic heterocycles. The monoisotopic (exact) mass is 320 g/mol. The Labute approximate surface area is 143 Å². The molecule has 3 heteroatoms. The number of aryl methyl sites for hydroxylation is 5. The molecule has 1 aromatic heterocycles. The fourth-order valence-corrected chi connectivity index (χ4v) is 3.39. The van der Waals surface area contributed by atoms with Gasteiger partial charge in [-0.15, -0.1) is 0 Å². The summed E-state index contributed by atoms with van der Waals surface area (Å²) in [5.41, 5.74) is 8.51.